The van der Waals surface area contributed by atoms with E-state index in [0.29, 0.717) is 18.0 Å². The zero-order valence-corrected chi connectivity index (χ0v) is 10.0. The molecule has 94 valence electrons. The first kappa shape index (κ1) is 11.2. The standard InChI is InChI=1S/C13H16N4O/c14-10-3-6-12(7-10)16-11-4-1-9(2-5-11)13-17-15-8-18-13/h1-2,4-5,8,10,12,16H,3,6-7,14H2. The molecule has 5 heteroatoms. The molecule has 2 aromatic rings. The van der Waals surface area contributed by atoms with E-state index in [1.807, 2.05) is 24.3 Å². The van der Waals surface area contributed by atoms with Gasteiger partial charge in [-0.3, -0.25) is 0 Å². The van der Waals surface area contributed by atoms with E-state index in [9.17, 15) is 0 Å². The predicted octanol–water partition coefficient (Wildman–Crippen LogP) is 2.03. The molecule has 3 N–H and O–H groups in total. The number of benzene rings is 1. The van der Waals surface area contributed by atoms with Gasteiger partial charge in [0, 0.05) is 23.3 Å². The monoisotopic (exact) mass is 244 g/mol. The highest BCUT2D eigenvalue weighted by Gasteiger charge is 2.21. The number of hydrogen-bond donors (Lipinski definition) is 2. The van der Waals surface area contributed by atoms with Crippen molar-refractivity contribution < 1.29 is 4.42 Å². The third-order valence-corrected chi connectivity index (χ3v) is 3.34. The molecule has 1 aromatic carbocycles. The van der Waals surface area contributed by atoms with E-state index in [4.69, 9.17) is 10.2 Å². The maximum atomic E-state index is 5.90. The van der Waals surface area contributed by atoms with Crippen LogP contribution in [0.1, 0.15) is 19.3 Å². The Hall–Kier alpha value is -1.88. The Labute approximate surface area is 105 Å². The van der Waals surface area contributed by atoms with Crippen molar-refractivity contribution in [3.63, 3.8) is 0 Å². The summed E-state index contributed by atoms with van der Waals surface area (Å²) in [6.07, 6.45) is 4.64. The highest BCUT2D eigenvalue weighted by atomic mass is 16.4. The molecule has 1 heterocycles. The molecule has 0 saturated heterocycles. The van der Waals surface area contributed by atoms with Crippen LogP contribution in [0.5, 0.6) is 0 Å². The third kappa shape index (κ3) is 2.36. The first-order chi connectivity index (χ1) is 8.81. The maximum absolute atomic E-state index is 5.90. The molecule has 0 amide bonds. The lowest BCUT2D eigenvalue weighted by Gasteiger charge is -2.13. The fraction of sp³-hybridized carbons (Fsp3) is 0.385. The van der Waals surface area contributed by atoms with Gasteiger partial charge in [0.2, 0.25) is 12.3 Å². The number of nitrogens with two attached hydrogens (primary N) is 1. The Morgan fingerprint density at radius 2 is 2.06 bits per heavy atom. The Balaban J connectivity index is 1.68. The fourth-order valence-electron chi connectivity index (χ4n) is 2.39. The van der Waals surface area contributed by atoms with Crippen LogP contribution in [-0.4, -0.2) is 22.3 Å². The summed E-state index contributed by atoms with van der Waals surface area (Å²) >= 11 is 0. The molecule has 3 rings (SSSR count). The number of aromatic nitrogens is 2. The van der Waals surface area contributed by atoms with Crippen LogP contribution in [0.3, 0.4) is 0 Å². The maximum Gasteiger partial charge on any atom is 0.247 e. The molecule has 0 bridgehead atoms. The quantitative estimate of drug-likeness (QED) is 0.863. The second kappa shape index (κ2) is 4.78. The summed E-state index contributed by atoms with van der Waals surface area (Å²) in [5.41, 5.74) is 7.94. The smallest absolute Gasteiger partial charge is 0.247 e. The SMILES string of the molecule is NC1CCC(Nc2ccc(-c3nnco3)cc2)C1. The molecule has 1 aliphatic carbocycles. The van der Waals surface area contributed by atoms with Gasteiger partial charge in [-0.25, -0.2) is 0 Å². The average molecular weight is 244 g/mol. The van der Waals surface area contributed by atoms with Gasteiger partial charge in [-0.1, -0.05) is 0 Å². The second-order valence-corrected chi connectivity index (χ2v) is 4.74. The minimum Gasteiger partial charge on any atom is -0.423 e. The van der Waals surface area contributed by atoms with E-state index in [1.54, 1.807) is 0 Å². The molecular formula is C13H16N4O. The molecule has 2 atom stereocenters. The van der Waals surface area contributed by atoms with Gasteiger partial charge in [0.25, 0.3) is 0 Å². The van der Waals surface area contributed by atoms with Crippen molar-refractivity contribution >= 4 is 5.69 Å². The number of rotatable bonds is 3. The van der Waals surface area contributed by atoms with Crippen LogP contribution in [0.25, 0.3) is 11.5 Å². The Kier molecular flexibility index (Phi) is 2.98. The van der Waals surface area contributed by atoms with Crippen LogP contribution in [-0.2, 0) is 0 Å². The summed E-state index contributed by atoms with van der Waals surface area (Å²) < 4.78 is 5.15. The van der Waals surface area contributed by atoms with Crippen molar-refractivity contribution in [1.29, 1.82) is 0 Å². The predicted molar refractivity (Wildman–Crippen MR) is 69.0 cm³/mol. The van der Waals surface area contributed by atoms with Gasteiger partial charge < -0.3 is 15.5 Å². The van der Waals surface area contributed by atoms with Gasteiger partial charge in [-0.05, 0) is 43.5 Å². The Bertz CT molecular complexity index is 494. The molecule has 0 radical (unpaired) electrons. The molecule has 1 aromatic heterocycles. The molecule has 1 aliphatic rings. The molecule has 0 aliphatic heterocycles. The molecule has 2 unspecified atom stereocenters. The highest BCUT2D eigenvalue weighted by Crippen LogP contribution is 2.23. The molecule has 1 saturated carbocycles. The normalized spacial score (nSPS) is 23.2. The van der Waals surface area contributed by atoms with Crippen LogP contribution in [0.15, 0.2) is 35.1 Å². The molecule has 0 spiro atoms. The zero-order chi connectivity index (χ0) is 12.4. The average Bonchev–Trinajstić information content (AvgIpc) is 3.02. The van der Waals surface area contributed by atoms with Crippen LogP contribution in [0.4, 0.5) is 5.69 Å². The Morgan fingerprint density at radius 1 is 1.22 bits per heavy atom. The minimum absolute atomic E-state index is 0.347. The summed E-state index contributed by atoms with van der Waals surface area (Å²) in [6.45, 7) is 0. The van der Waals surface area contributed by atoms with Crippen LogP contribution >= 0.6 is 0 Å². The van der Waals surface area contributed by atoms with E-state index < -0.39 is 0 Å². The summed E-state index contributed by atoms with van der Waals surface area (Å²) in [4.78, 5) is 0. The van der Waals surface area contributed by atoms with E-state index >= 15 is 0 Å². The summed E-state index contributed by atoms with van der Waals surface area (Å²) in [6, 6.07) is 8.86. The number of nitrogens with zero attached hydrogens (tertiary/aromatic N) is 2. The molecular weight excluding hydrogens is 228 g/mol. The summed E-state index contributed by atoms with van der Waals surface area (Å²) in [7, 11) is 0. The van der Waals surface area contributed by atoms with E-state index in [-0.39, 0.29) is 0 Å². The van der Waals surface area contributed by atoms with Crippen molar-refractivity contribution in [3.05, 3.63) is 30.7 Å². The lowest BCUT2D eigenvalue weighted by atomic mass is 10.2. The van der Waals surface area contributed by atoms with Gasteiger partial charge in [-0.2, -0.15) is 0 Å². The number of nitrogens with one attached hydrogen (secondary N) is 1. The highest BCUT2D eigenvalue weighted by molar-refractivity contribution is 5.58. The minimum atomic E-state index is 0.347. The lowest BCUT2D eigenvalue weighted by molar-refractivity contribution is 0.568. The topological polar surface area (TPSA) is 77.0 Å². The van der Waals surface area contributed by atoms with Crippen molar-refractivity contribution in [2.45, 2.75) is 31.3 Å². The number of hydrogen-bond acceptors (Lipinski definition) is 5. The first-order valence-corrected chi connectivity index (χ1v) is 6.20. The first-order valence-electron chi connectivity index (χ1n) is 6.20. The largest absolute Gasteiger partial charge is 0.423 e. The lowest BCUT2D eigenvalue weighted by Crippen LogP contribution is -2.20. The molecule has 1 fully saturated rings. The van der Waals surface area contributed by atoms with Gasteiger partial charge in [-0.15, -0.1) is 10.2 Å². The van der Waals surface area contributed by atoms with Gasteiger partial charge in [0.15, 0.2) is 0 Å². The molecule has 5 nitrogen and oxygen atoms in total. The van der Waals surface area contributed by atoms with Crippen molar-refractivity contribution in [2.75, 3.05) is 5.32 Å². The van der Waals surface area contributed by atoms with Crippen LogP contribution in [0, 0.1) is 0 Å². The van der Waals surface area contributed by atoms with Crippen molar-refractivity contribution in [1.82, 2.24) is 10.2 Å². The van der Waals surface area contributed by atoms with Crippen LogP contribution in [0.2, 0.25) is 0 Å². The second-order valence-electron chi connectivity index (χ2n) is 4.74. The van der Waals surface area contributed by atoms with E-state index in [1.165, 1.54) is 6.39 Å². The summed E-state index contributed by atoms with van der Waals surface area (Å²) in [5.74, 6) is 0.546. The van der Waals surface area contributed by atoms with Crippen LogP contribution < -0.4 is 11.1 Å². The zero-order valence-electron chi connectivity index (χ0n) is 10.0. The molecule has 18 heavy (non-hydrogen) atoms. The van der Waals surface area contributed by atoms with Crippen molar-refractivity contribution in [3.8, 4) is 11.5 Å². The van der Waals surface area contributed by atoms with E-state index in [0.717, 1.165) is 30.5 Å². The van der Waals surface area contributed by atoms with Gasteiger partial charge in [0.1, 0.15) is 0 Å². The third-order valence-electron chi connectivity index (χ3n) is 3.34. The Morgan fingerprint density at radius 3 is 2.67 bits per heavy atom. The fourth-order valence-corrected chi connectivity index (χ4v) is 2.39. The number of anilines is 1. The van der Waals surface area contributed by atoms with Crippen molar-refractivity contribution in [2.24, 2.45) is 5.73 Å². The summed E-state index contributed by atoms with van der Waals surface area (Å²) in [5, 5.41) is 11.0. The van der Waals surface area contributed by atoms with Gasteiger partial charge in [0.05, 0.1) is 0 Å². The van der Waals surface area contributed by atoms with Gasteiger partial charge >= 0.3 is 0 Å². The van der Waals surface area contributed by atoms with E-state index in [2.05, 4.69) is 15.5 Å².